The monoisotopic (exact) mass is 297 g/mol. The molecule has 0 radical (unpaired) electrons. The highest BCUT2D eigenvalue weighted by Gasteiger charge is 2.22. The Labute approximate surface area is 123 Å². The molecule has 1 unspecified atom stereocenters. The first kappa shape index (κ1) is 14.4. The fraction of sp³-hybridized carbons (Fsp3) is 0.357. The molecule has 1 heterocycles. The third kappa shape index (κ3) is 2.94. The summed E-state index contributed by atoms with van der Waals surface area (Å²) < 4.78 is 2.09. The Hall–Kier alpha value is -1.03. The minimum atomic E-state index is -0.0962. The van der Waals surface area contributed by atoms with Crippen LogP contribution in [0.1, 0.15) is 31.3 Å². The maximum atomic E-state index is 6.31. The number of halogens is 2. The molecule has 0 aliphatic heterocycles. The molecule has 3 nitrogen and oxygen atoms in total. The second-order valence-corrected chi connectivity index (χ2v) is 5.01. The molecule has 19 heavy (non-hydrogen) atoms. The van der Waals surface area contributed by atoms with Gasteiger partial charge in [-0.25, -0.2) is 4.98 Å². The highest BCUT2D eigenvalue weighted by Crippen LogP contribution is 2.33. The summed E-state index contributed by atoms with van der Waals surface area (Å²) in [6.07, 6.45) is 3.76. The quantitative estimate of drug-likeness (QED) is 0.907. The van der Waals surface area contributed by atoms with Crippen molar-refractivity contribution >= 4 is 23.2 Å². The summed E-state index contributed by atoms with van der Waals surface area (Å²) in [5.41, 5.74) is 0.883. The zero-order valence-electron chi connectivity index (χ0n) is 11.0. The SMILES string of the molecule is CCNC(c1c(Cl)cccc1Cl)c1nccn1CC. The summed E-state index contributed by atoms with van der Waals surface area (Å²) in [5, 5.41) is 4.72. The first-order valence-electron chi connectivity index (χ1n) is 6.37. The number of benzene rings is 1. The van der Waals surface area contributed by atoms with Gasteiger partial charge in [-0.15, -0.1) is 0 Å². The Kier molecular flexibility index (Phi) is 4.86. The van der Waals surface area contributed by atoms with Crippen LogP contribution in [0.25, 0.3) is 0 Å². The molecule has 0 spiro atoms. The van der Waals surface area contributed by atoms with E-state index < -0.39 is 0 Å². The Bertz CT molecular complexity index is 531. The molecule has 1 aromatic carbocycles. The number of nitrogens with one attached hydrogen (secondary N) is 1. The third-order valence-corrected chi connectivity index (χ3v) is 3.70. The summed E-state index contributed by atoms with van der Waals surface area (Å²) >= 11 is 12.6. The summed E-state index contributed by atoms with van der Waals surface area (Å²) in [5.74, 6) is 0.930. The van der Waals surface area contributed by atoms with Crippen LogP contribution >= 0.6 is 23.2 Å². The molecule has 102 valence electrons. The van der Waals surface area contributed by atoms with E-state index in [4.69, 9.17) is 23.2 Å². The van der Waals surface area contributed by atoms with Gasteiger partial charge in [-0.2, -0.15) is 0 Å². The van der Waals surface area contributed by atoms with Gasteiger partial charge in [0.2, 0.25) is 0 Å². The largest absolute Gasteiger partial charge is 0.334 e. The molecular weight excluding hydrogens is 281 g/mol. The number of hydrogen-bond donors (Lipinski definition) is 1. The van der Waals surface area contributed by atoms with Gasteiger partial charge in [0.25, 0.3) is 0 Å². The van der Waals surface area contributed by atoms with Gasteiger partial charge in [0, 0.05) is 34.5 Å². The smallest absolute Gasteiger partial charge is 0.130 e. The Morgan fingerprint density at radius 3 is 2.53 bits per heavy atom. The summed E-state index contributed by atoms with van der Waals surface area (Å²) in [4.78, 5) is 4.45. The third-order valence-electron chi connectivity index (χ3n) is 3.04. The van der Waals surface area contributed by atoms with Gasteiger partial charge >= 0.3 is 0 Å². The van der Waals surface area contributed by atoms with Crippen LogP contribution in [0.4, 0.5) is 0 Å². The van der Waals surface area contributed by atoms with Crippen molar-refractivity contribution in [2.45, 2.75) is 26.4 Å². The molecule has 0 bridgehead atoms. The molecule has 0 aliphatic rings. The molecule has 0 amide bonds. The fourth-order valence-electron chi connectivity index (χ4n) is 2.16. The second-order valence-electron chi connectivity index (χ2n) is 4.20. The van der Waals surface area contributed by atoms with E-state index >= 15 is 0 Å². The normalized spacial score (nSPS) is 12.6. The standard InChI is InChI=1S/C14H17Cl2N3/c1-3-17-13(14-18-8-9-19(14)4-2)12-10(15)6-5-7-11(12)16/h5-9,13,17H,3-4H2,1-2H3. The van der Waals surface area contributed by atoms with E-state index in [1.54, 1.807) is 6.20 Å². The molecule has 0 saturated heterocycles. The van der Waals surface area contributed by atoms with Crippen LogP contribution in [0.15, 0.2) is 30.6 Å². The Morgan fingerprint density at radius 2 is 1.95 bits per heavy atom. The number of rotatable bonds is 5. The van der Waals surface area contributed by atoms with Crippen LogP contribution < -0.4 is 5.32 Å². The van der Waals surface area contributed by atoms with E-state index in [1.165, 1.54) is 0 Å². The van der Waals surface area contributed by atoms with Crippen LogP contribution in [0, 0.1) is 0 Å². The van der Waals surface area contributed by atoms with Crippen molar-refractivity contribution in [2.75, 3.05) is 6.54 Å². The van der Waals surface area contributed by atoms with Crippen molar-refractivity contribution in [1.82, 2.24) is 14.9 Å². The minimum absolute atomic E-state index is 0.0962. The van der Waals surface area contributed by atoms with Crippen molar-refractivity contribution in [2.24, 2.45) is 0 Å². The van der Waals surface area contributed by atoms with E-state index in [2.05, 4.69) is 28.7 Å². The zero-order valence-corrected chi connectivity index (χ0v) is 12.5. The number of imidazole rings is 1. The lowest BCUT2D eigenvalue weighted by molar-refractivity contribution is 0.559. The molecule has 0 saturated carbocycles. The summed E-state index contributed by atoms with van der Waals surface area (Å²) in [7, 11) is 0. The van der Waals surface area contributed by atoms with Crippen LogP contribution in [0.2, 0.25) is 10.0 Å². The number of hydrogen-bond acceptors (Lipinski definition) is 2. The lowest BCUT2D eigenvalue weighted by Crippen LogP contribution is -2.25. The van der Waals surface area contributed by atoms with Gasteiger partial charge in [0.1, 0.15) is 5.82 Å². The fourth-order valence-corrected chi connectivity index (χ4v) is 2.78. The molecule has 0 fully saturated rings. The predicted octanol–water partition coefficient (Wildman–Crippen LogP) is 3.91. The van der Waals surface area contributed by atoms with E-state index in [9.17, 15) is 0 Å². The van der Waals surface area contributed by atoms with Gasteiger partial charge in [-0.1, -0.05) is 36.2 Å². The Balaban J connectivity index is 2.52. The molecule has 2 aromatic rings. The van der Waals surface area contributed by atoms with Gasteiger partial charge in [0.05, 0.1) is 6.04 Å². The predicted molar refractivity (Wildman–Crippen MR) is 79.9 cm³/mol. The van der Waals surface area contributed by atoms with E-state index in [0.717, 1.165) is 24.5 Å². The number of aryl methyl sites for hydroxylation is 1. The number of nitrogens with zero attached hydrogens (tertiary/aromatic N) is 2. The van der Waals surface area contributed by atoms with Crippen molar-refractivity contribution in [3.63, 3.8) is 0 Å². The minimum Gasteiger partial charge on any atom is -0.334 e. The maximum Gasteiger partial charge on any atom is 0.130 e. The van der Waals surface area contributed by atoms with Crippen molar-refractivity contribution in [1.29, 1.82) is 0 Å². The molecule has 1 N–H and O–H groups in total. The molecular formula is C14H17Cl2N3. The van der Waals surface area contributed by atoms with E-state index in [0.29, 0.717) is 10.0 Å². The average molecular weight is 298 g/mol. The highest BCUT2D eigenvalue weighted by molar-refractivity contribution is 6.36. The van der Waals surface area contributed by atoms with Gasteiger partial charge in [-0.3, -0.25) is 0 Å². The van der Waals surface area contributed by atoms with E-state index in [-0.39, 0.29) is 6.04 Å². The summed E-state index contributed by atoms with van der Waals surface area (Å²) in [6, 6.07) is 5.46. The van der Waals surface area contributed by atoms with Gasteiger partial charge < -0.3 is 9.88 Å². The summed E-state index contributed by atoms with van der Waals surface area (Å²) in [6.45, 7) is 5.81. The molecule has 2 rings (SSSR count). The zero-order chi connectivity index (χ0) is 13.8. The lowest BCUT2D eigenvalue weighted by atomic mass is 10.1. The van der Waals surface area contributed by atoms with Crippen molar-refractivity contribution in [3.05, 3.63) is 52.0 Å². The highest BCUT2D eigenvalue weighted by atomic mass is 35.5. The molecule has 5 heteroatoms. The van der Waals surface area contributed by atoms with Gasteiger partial charge in [0.15, 0.2) is 0 Å². The Morgan fingerprint density at radius 1 is 1.26 bits per heavy atom. The first-order chi connectivity index (χ1) is 9.19. The molecule has 1 atom stereocenters. The second kappa shape index (κ2) is 6.42. The van der Waals surface area contributed by atoms with Crippen LogP contribution in [0.5, 0.6) is 0 Å². The lowest BCUT2D eigenvalue weighted by Gasteiger charge is -2.21. The van der Waals surface area contributed by atoms with Crippen molar-refractivity contribution in [3.8, 4) is 0 Å². The van der Waals surface area contributed by atoms with Crippen LogP contribution in [-0.4, -0.2) is 16.1 Å². The number of aromatic nitrogens is 2. The molecule has 0 aliphatic carbocycles. The van der Waals surface area contributed by atoms with Gasteiger partial charge in [-0.05, 0) is 25.6 Å². The van der Waals surface area contributed by atoms with Crippen LogP contribution in [-0.2, 0) is 6.54 Å². The van der Waals surface area contributed by atoms with Crippen LogP contribution in [0.3, 0.4) is 0 Å². The van der Waals surface area contributed by atoms with Crippen molar-refractivity contribution < 1.29 is 0 Å². The molecule has 1 aromatic heterocycles. The average Bonchev–Trinajstić information content (AvgIpc) is 2.85. The van der Waals surface area contributed by atoms with E-state index in [1.807, 2.05) is 24.4 Å². The maximum absolute atomic E-state index is 6.31. The topological polar surface area (TPSA) is 29.9 Å². The first-order valence-corrected chi connectivity index (χ1v) is 7.12.